The van der Waals surface area contributed by atoms with Gasteiger partial charge < -0.3 is 9.47 Å². The van der Waals surface area contributed by atoms with Gasteiger partial charge in [0.15, 0.2) is 0 Å². The average molecular weight is 258 g/mol. The Hall–Kier alpha value is -1.46. The van der Waals surface area contributed by atoms with E-state index in [1.54, 1.807) is 27.7 Å². The van der Waals surface area contributed by atoms with Crippen LogP contribution in [0.3, 0.4) is 0 Å². The lowest BCUT2D eigenvalue weighted by atomic mass is 10.2. The number of hydrogen-bond donors (Lipinski definition) is 0. The van der Waals surface area contributed by atoms with Gasteiger partial charge in [0.1, 0.15) is 0 Å². The monoisotopic (exact) mass is 258 g/mol. The highest BCUT2D eigenvalue weighted by molar-refractivity contribution is 5.74. The number of nitrogens with zero attached hydrogens (tertiary/aromatic N) is 2. The predicted octanol–water partition coefficient (Wildman–Crippen LogP) is 2.39. The summed E-state index contributed by atoms with van der Waals surface area (Å²) in [7, 11) is 0. The number of carbonyl (C=O) groups excluding carboxylic acids is 2. The minimum Gasteiger partial charge on any atom is -0.445 e. The van der Waals surface area contributed by atoms with Crippen LogP contribution in [0.15, 0.2) is 0 Å². The van der Waals surface area contributed by atoms with Crippen LogP contribution in [0, 0.1) is 0 Å². The molecule has 1 saturated heterocycles. The molecule has 104 valence electrons. The fourth-order valence-corrected chi connectivity index (χ4v) is 1.67. The van der Waals surface area contributed by atoms with Crippen molar-refractivity contribution in [2.75, 3.05) is 13.1 Å². The Morgan fingerprint density at radius 1 is 0.833 bits per heavy atom. The van der Waals surface area contributed by atoms with Gasteiger partial charge in [0.25, 0.3) is 0 Å². The Labute approximate surface area is 108 Å². The molecule has 18 heavy (non-hydrogen) atoms. The highest BCUT2D eigenvalue weighted by Crippen LogP contribution is 2.15. The first kappa shape index (κ1) is 14.6. The van der Waals surface area contributed by atoms with Gasteiger partial charge in [0.2, 0.25) is 0 Å². The first-order chi connectivity index (χ1) is 8.41. The van der Waals surface area contributed by atoms with E-state index in [1.165, 1.54) is 10.0 Å². The highest BCUT2D eigenvalue weighted by Gasteiger charge is 2.31. The molecule has 1 aliphatic rings. The summed E-state index contributed by atoms with van der Waals surface area (Å²) in [6.07, 6.45) is 0.317. The lowest BCUT2D eigenvalue weighted by Crippen LogP contribution is -2.54. The Morgan fingerprint density at radius 3 is 1.44 bits per heavy atom. The van der Waals surface area contributed by atoms with E-state index in [-0.39, 0.29) is 12.2 Å². The van der Waals surface area contributed by atoms with Gasteiger partial charge in [-0.25, -0.2) is 19.6 Å². The van der Waals surface area contributed by atoms with Crippen molar-refractivity contribution in [1.29, 1.82) is 0 Å². The van der Waals surface area contributed by atoms with E-state index in [2.05, 4.69) is 0 Å². The second-order valence-corrected chi connectivity index (χ2v) is 4.82. The molecule has 0 unspecified atom stereocenters. The van der Waals surface area contributed by atoms with Crippen LogP contribution < -0.4 is 0 Å². The van der Waals surface area contributed by atoms with Crippen molar-refractivity contribution in [3.63, 3.8) is 0 Å². The molecule has 6 heteroatoms. The summed E-state index contributed by atoms with van der Waals surface area (Å²) in [5, 5.41) is 2.66. The predicted molar refractivity (Wildman–Crippen MR) is 65.9 cm³/mol. The molecule has 1 heterocycles. The standard InChI is InChI=1S/C12H22N2O4/c1-9(2)17-11(15)13-7-5-6-8-14(13)12(16)18-10(3)4/h9-10H,5-8H2,1-4H3. The molecule has 0 N–H and O–H groups in total. The second kappa shape index (κ2) is 6.47. The van der Waals surface area contributed by atoms with Crippen LogP contribution in [0.5, 0.6) is 0 Å². The Morgan fingerprint density at radius 2 is 1.17 bits per heavy atom. The van der Waals surface area contributed by atoms with Crippen LogP contribution in [0.25, 0.3) is 0 Å². The maximum absolute atomic E-state index is 11.9. The smallest absolute Gasteiger partial charge is 0.429 e. The third-order valence-corrected chi connectivity index (χ3v) is 2.38. The normalized spacial score (nSPS) is 16.1. The third-order valence-electron chi connectivity index (χ3n) is 2.38. The van der Waals surface area contributed by atoms with E-state index in [4.69, 9.17) is 9.47 Å². The molecule has 0 bridgehead atoms. The SMILES string of the molecule is CC(C)OC(=O)N1CCCCN1C(=O)OC(C)C. The van der Waals surface area contributed by atoms with Crippen LogP contribution in [0.4, 0.5) is 9.59 Å². The number of amides is 2. The fourth-order valence-electron chi connectivity index (χ4n) is 1.67. The van der Waals surface area contributed by atoms with Crippen molar-refractivity contribution in [3.05, 3.63) is 0 Å². The van der Waals surface area contributed by atoms with Gasteiger partial charge in [0.05, 0.1) is 12.2 Å². The van der Waals surface area contributed by atoms with Gasteiger partial charge in [-0.2, -0.15) is 0 Å². The van der Waals surface area contributed by atoms with Gasteiger partial charge >= 0.3 is 12.2 Å². The molecule has 6 nitrogen and oxygen atoms in total. The van der Waals surface area contributed by atoms with Crippen molar-refractivity contribution in [3.8, 4) is 0 Å². The average Bonchev–Trinajstić information content (AvgIpc) is 2.27. The van der Waals surface area contributed by atoms with Gasteiger partial charge in [-0.1, -0.05) is 0 Å². The number of hydrogen-bond acceptors (Lipinski definition) is 4. The molecular formula is C12H22N2O4. The van der Waals surface area contributed by atoms with Crippen LogP contribution in [-0.4, -0.2) is 47.5 Å². The van der Waals surface area contributed by atoms with Crippen molar-refractivity contribution < 1.29 is 19.1 Å². The van der Waals surface area contributed by atoms with Crippen LogP contribution in [-0.2, 0) is 9.47 Å². The van der Waals surface area contributed by atoms with E-state index in [0.717, 1.165) is 12.8 Å². The zero-order valence-electron chi connectivity index (χ0n) is 11.5. The Kier molecular flexibility index (Phi) is 5.25. The lowest BCUT2D eigenvalue weighted by Gasteiger charge is -2.37. The molecule has 0 aliphatic carbocycles. The minimum atomic E-state index is -0.495. The molecule has 0 aromatic heterocycles. The summed E-state index contributed by atoms with van der Waals surface area (Å²) < 4.78 is 10.2. The van der Waals surface area contributed by atoms with E-state index >= 15 is 0 Å². The zero-order valence-corrected chi connectivity index (χ0v) is 11.5. The molecule has 0 spiro atoms. The molecular weight excluding hydrogens is 236 g/mol. The summed E-state index contributed by atoms with van der Waals surface area (Å²) in [5.41, 5.74) is 0. The van der Waals surface area contributed by atoms with Gasteiger partial charge in [0, 0.05) is 13.1 Å². The fraction of sp³-hybridized carbons (Fsp3) is 0.833. The van der Waals surface area contributed by atoms with Crippen LogP contribution >= 0.6 is 0 Å². The second-order valence-electron chi connectivity index (χ2n) is 4.82. The quantitative estimate of drug-likeness (QED) is 0.763. The maximum atomic E-state index is 11.9. The minimum absolute atomic E-state index is 0.206. The molecule has 0 saturated carbocycles. The van der Waals surface area contributed by atoms with Crippen molar-refractivity contribution in [2.24, 2.45) is 0 Å². The van der Waals surface area contributed by atoms with Gasteiger partial charge in [-0.05, 0) is 40.5 Å². The van der Waals surface area contributed by atoms with Crippen LogP contribution in [0.1, 0.15) is 40.5 Å². The molecule has 1 aliphatic heterocycles. The summed E-state index contributed by atoms with van der Waals surface area (Å²) in [4.78, 5) is 23.7. The molecule has 1 rings (SSSR count). The van der Waals surface area contributed by atoms with E-state index in [9.17, 15) is 9.59 Å². The van der Waals surface area contributed by atoms with E-state index < -0.39 is 12.2 Å². The van der Waals surface area contributed by atoms with Crippen LogP contribution in [0.2, 0.25) is 0 Å². The largest absolute Gasteiger partial charge is 0.445 e. The van der Waals surface area contributed by atoms with Crippen molar-refractivity contribution in [2.45, 2.75) is 52.7 Å². The lowest BCUT2D eigenvalue weighted by molar-refractivity contribution is -0.0495. The first-order valence-electron chi connectivity index (χ1n) is 6.38. The van der Waals surface area contributed by atoms with Gasteiger partial charge in [-0.3, -0.25) is 0 Å². The zero-order chi connectivity index (χ0) is 13.7. The highest BCUT2D eigenvalue weighted by atomic mass is 16.6. The summed E-state index contributed by atoms with van der Waals surface area (Å²) in [6.45, 7) is 8.08. The summed E-state index contributed by atoms with van der Waals surface area (Å²) in [6, 6.07) is 0. The number of ether oxygens (including phenoxy) is 2. The topological polar surface area (TPSA) is 59.1 Å². The number of rotatable bonds is 2. The Bertz CT molecular complexity index is 274. The molecule has 1 fully saturated rings. The Balaban J connectivity index is 2.67. The third kappa shape index (κ3) is 4.09. The maximum Gasteiger partial charge on any atom is 0.429 e. The first-order valence-corrected chi connectivity index (χ1v) is 6.38. The summed E-state index contributed by atoms with van der Waals surface area (Å²) in [5.74, 6) is 0. The van der Waals surface area contributed by atoms with E-state index in [1.807, 2.05) is 0 Å². The summed E-state index contributed by atoms with van der Waals surface area (Å²) >= 11 is 0. The molecule has 0 aromatic carbocycles. The van der Waals surface area contributed by atoms with Crippen molar-refractivity contribution in [1.82, 2.24) is 10.0 Å². The number of hydrazine groups is 1. The van der Waals surface area contributed by atoms with Gasteiger partial charge in [-0.15, -0.1) is 0 Å². The molecule has 0 radical (unpaired) electrons. The molecule has 2 amide bonds. The molecule has 0 atom stereocenters. The number of carbonyl (C=O) groups is 2. The van der Waals surface area contributed by atoms with Crippen molar-refractivity contribution >= 4 is 12.2 Å². The molecule has 0 aromatic rings. The van der Waals surface area contributed by atoms with E-state index in [0.29, 0.717) is 13.1 Å².